The van der Waals surface area contributed by atoms with Crippen LogP contribution in [0, 0.1) is 5.92 Å². The summed E-state index contributed by atoms with van der Waals surface area (Å²) in [5.74, 6) is 0.264. The first-order valence-electron chi connectivity index (χ1n) is 9.28. The van der Waals surface area contributed by atoms with E-state index in [-0.39, 0.29) is 11.8 Å². The molecule has 2 aromatic rings. The van der Waals surface area contributed by atoms with Crippen molar-refractivity contribution in [2.24, 2.45) is 5.92 Å². The smallest absolute Gasteiger partial charge is 0.231 e. The van der Waals surface area contributed by atoms with Crippen LogP contribution in [0.4, 0.5) is 5.69 Å². The molecule has 0 radical (unpaired) electrons. The van der Waals surface area contributed by atoms with Crippen LogP contribution < -0.4 is 4.90 Å². The van der Waals surface area contributed by atoms with E-state index >= 15 is 0 Å². The molecule has 1 saturated heterocycles. The Morgan fingerprint density at radius 1 is 1.15 bits per heavy atom. The van der Waals surface area contributed by atoms with Gasteiger partial charge in [0.25, 0.3) is 0 Å². The Bertz CT molecular complexity index is 853. The molecule has 3 nitrogen and oxygen atoms in total. The summed E-state index contributed by atoms with van der Waals surface area (Å²) in [5.41, 5.74) is 3.26. The largest absolute Gasteiger partial charge is 0.312 e. The number of rotatable bonds is 3. The second kappa shape index (κ2) is 8.12. The molecule has 142 valence electrons. The summed E-state index contributed by atoms with van der Waals surface area (Å²) < 4.78 is 1.07. The third-order valence-electron chi connectivity index (χ3n) is 5.50. The fourth-order valence-corrected chi connectivity index (χ4v) is 5.05. The van der Waals surface area contributed by atoms with Gasteiger partial charge in [-0.05, 0) is 61.7 Å². The fraction of sp³-hybridized carbons (Fsp3) is 0.381. The highest BCUT2D eigenvalue weighted by atomic mass is 79.9. The summed E-state index contributed by atoms with van der Waals surface area (Å²) in [6.07, 6.45) is 2.87. The number of carbonyl (C=O) groups excluding carboxylic acids is 1. The summed E-state index contributed by atoms with van der Waals surface area (Å²) in [6, 6.07) is 11.8. The second-order valence-electron chi connectivity index (χ2n) is 7.29. The molecule has 0 aromatic heterocycles. The molecule has 0 N–H and O–H groups in total. The predicted octanol–water partition coefficient (Wildman–Crippen LogP) is 5.56. The van der Waals surface area contributed by atoms with Crippen molar-refractivity contribution in [3.63, 3.8) is 0 Å². The Labute approximate surface area is 178 Å². The van der Waals surface area contributed by atoms with Crippen LogP contribution in [0.2, 0.25) is 10.0 Å². The molecule has 4 rings (SSSR count). The number of amides is 1. The molecule has 1 unspecified atom stereocenters. The van der Waals surface area contributed by atoms with Crippen molar-refractivity contribution in [1.29, 1.82) is 0 Å². The summed E-state index contributed by atoms with van der Waals surface area (Å²) >= 11 is 16.2. The minimum Gasteiger partial charge on any atom is -0.312 e. The lowest BCUT2D eigenvalue weighted by atomic mass is 9.96. The maximum atomic E-state index is 13.2. The van der Waals surface area contributed by atoms with Gasteiger partial charge in [0.2, 0.25) is 5.91 Å². The number of nitrogens with zero attached hydrogens (tertiary/aromatic N) is 2. The number of halogens is 3. The zero-order valence-electron chi connectivity index (χ0n) is 14.9. The Morgan fingerprint density at radius 2 is 1.93 bits per heavy atom. The summed E-state index contributed by atoms with van der Waals surface area (Å²) in [4.78, 5) is 17.5. The van der Waals surface area contributed by atoms with Crippen LogP contribution in [-0.4, -0.2) is 30.4 Å². The average molecular weight is 468 g/mol. The highest BCUT2D eigenvalue weighted by molar-refractivity contribution is 9.10. The lowest BCUT2D eigenvalue weighted by molar-refractivity contribution is -0.124. The maximum absolute atomic E-state index is 13.2. The van der Waals surface area contributed by atoms with E-state index in [9.17, 15) is 4.79 Å². The van der Waals surface area contributed by atoms with Crippen molar-refractivity contribution in [3.05, 3.63) is 62.0 Å². The molecule has 2 aliphatic heterocycles. The molecule has 0 spiro atoms. The zero-order chi connectivity index (χ0) is 19.0. The zero-order valence-corrected chi connectivity index (χ0v) is 18.0. The molecule has 0 saturated carbocycles. The summed E-state index contributed by atoms with van der Waals surface area (Å²) in [5, 5.41) is 1.38. The Morgan fingerprint density at radius 3 is 2.70 bits per heavy atom. The van der Waals surface area contributed by atoms with E-state index in [0.29, 0.717) is 16.6 Å². The highest BCUT2D eigenvalue weighted by Gasteiger charge is 2.33. The molecule has 1 atom stereocenters. The topological polar surface area (TPSA) is 23.6 Å². The van der Waals surface area contributed by atoms with E-state index in [2.05, 4.69) is 33.0 Å². The van der Waals surface area contributed by atoms with Crippen molar-refractivity contribution in [2.45, 2.75) is 25.8 Å². The van der Waals surface area contributed by atoms with Crippen LogP contribution in [0.3, 0.4) is 0 Å². The molecule has 0 aliphatic carbocycles. The summed E-state index contributed by atoms with van der Waals surface area (Å²) in [6.45, 7) is 3.18. The van der Waals surface area contributed by atoms with Gasteiger partial charge in [-0.1, -0.05) is 45.2 Å². The van der Waals surface area contributed by atoms with Crippen molar-refractivity contribution >= 4 is 50.7 Å². The van der Waals surface area contributed by atoms with Gasteiger partial charge in [-0.3, -0.25) is 9.69 Å². The minimum absolute atomic E-state index is 0.0228. The van der Waals surface area contributed by atoms with E-state index in [1.165, 1.54) is 5.56 Å². The van der Waals surface area contributed by atoms with Crippen LogP contribution in [0.1, 0.15) is 24.0 Å². The van der Waals surface area contributed by atoms with Crippen molar-refractivity contribution in [3.8, 4) is 0 Å². The number of benzene rings is 2. The molecule has 27 heavy (non-hydrogen) atoms. The third-order valence-corrected chi connectivity index (χ3v) is 6.70. The number of hydrogen-bond acceptors (Lipinski definition) is 2. The maximum Gasteiger partial charge on any atom is 0.231 e. The first-order chi connectivity index (χ1) is 13.0. The number of fused-ring (bicyclic) bond motifs is 1. The van der Waals surface area contributed by atoms with E-state index < -0.39 is 0 Å². The van der Waals surface area contributed by atoms with E-state index in [0.717, 1.165) is 54.6 Å². The van der Waals surface area contributed by atoms with Crippen molar-refractivity contribution in [2.75, 3.05) is 24.5 Å². The lowest BCUT2D eigenvalue weighted by Gasteiger charge is -2.34. The van der Waals surface area contributed by atoms with Gasteiger partial charge in [0.1, 0.15) is 0 Å². The molecule has 6 heteroatoms. The van der Waals surface area contributed by atoms with Gasteiger partial charge >= 0.3 is 0 Å². The molecule has 2 aliphatic rings. The van der Waals surface area contributed by atoms with E-state index in [1.807, 2.05) is 29.2 Å². The highest BCUT2D eigenvalue weighted by Crippen LogP contribution is 2.33. The van der Waals surface area contributed by atoms with Crippen LogP contribution in [-0.2, 0) is 17.8 Å². The van der Waals surface area contributed by atoms with Crippen molar-refractivity contribution < 1.29 is 4.79 Å². The number of hydrogen-bond donors (Lipinski definition) is 0. The van der Waals surface area contributed by atoms with Crippen LogP contribution in [0.15, 0.2) is 40.9 Å². The van der Waals surface area contributed by atoms with Gasteiger partial charge in [-0.15, -0.1) is 0 Å². The van der Waals surface area contributed by atoms with Crippen LogP contribution in [0.25, 0.3) is 0 Å². The van der Waals surface area contributed by atoms with Crippen LogP contribution >= 0.6 is 39.1 Å². The van der Waals surface area contributed by atoms with Gasteiger partial charge in [0, 0.05) is 45.4 Å². The molecule has 1 fully saturated rings. The molecular formula is C21H21BrCl2N2O. The van der Waals surface area contributed by atoms with E-state index in [4.69, 9.17) is 23.2 Å². The number of carbonyl (C=O) groups is 1. The van der Waals surface area contributed by atoms with E-state index in [1.54, 1.807) is 0 Å². The molecule has 0 bridgehead atoms. The van der Waals surface area contributed by atoms with Gasteiger partial charge in [0.15, 0.2) is 0 Å². The van der Waals surface area contributed by atoms with Gasteiger partial charge in [-0.2, -0.15) is 0 Å². The normalized spacial score (nSPS) is 20.0. The minimum atomic E-state index is 0.0228. The fourth-order valence-electron chi connectivity index (χ4n) is 4.13. The Hall–Kier alpha value is -1.07. The second-order valence-corrected chi connectivity index (χ2v) is 9.02. The monoisotopic (exact) mass is 466 g/mol. The first-order valence-corrected chi connectivity index (χ1v) is 10.8. The first kappa shape index (κ1) is 19.3. The van der Waals surface area contributed by atoms with Gasteiger partial charge in [-0.25, -0.2) is 0 Å². The van der Waals surface area contributed by atoms with Gasteiger partial charge < -0.3 is 4.90 Å². The molecule has 1 amide bonds. The Kier molecular flexibility index (Phi) is 5.79. The Balaban J connectivity index is 1.47. The standard InChI is InChI=1S/C21H21BrCl2N2O/c22-16-6-7-20-14(11-16)8-10-26(20)21(27)15-3-2-9-25(12-15)13-17-18(23)4-1-5-19(17)24/h1,4-7,11,15H,2-3,8-10,12-13H2. The SMILES string of the molecule is O=C(C1CCCN(Cc2c(Cl)cccc2Cl)C1)N1CCc2cc(Br)ccc21. The molecular weight excluding hydrogens is 447 g/mol. The van der Waals surface area contributed by atoms with Crippen molar-refractivity contribution in [1.82, 2.24) is 4.90 Å². The molecule has 2 heterocycles. The van der Waals surface area contributed by atoms with Crippen LogP contribution in [0.5, 0.6) is 0 Å². The number of anilines is 1. The molecule has 2 aromatic carbocycles. The third kappa shape index (κ3) is 4.04. The number of piperidine rings is 1. The number of likely N-dealkylation sites (tertiary alicyclic amines) is 1. The summed E-state index contributed by atoms with van der Waals surface area (Å²) in [7, 11) is 0. The average Bonchev–Trinajstić information content (AvgIpc) is 3.07. The van der Waals surface area contributed by atoms with Gasteiger partial charge in [0.05, 0.1) is 5.92 Å². The quantitative estimate of drug-likeness (QED) is 0.590. The predicted molar refractivity (Wildman–Crippen MR) is 115 cm³/mol. The lowest BCUT2D eigenvalue weighted by Crippen LogP contribution is -2.44.